The first-order valence-corrected chi connectivity index (χ1v) is 6.63. The molecule has 0 aromatic heterocycles. The molecule has 3 atom stereocenters. The van der Waals surface area contributed by atoms with E-state index in [1.807, 2.05) is 19.1 Å². The van der Waals surface area contributed by atoms with Crippen molar-refractivity contribution in [2.24, 2.45) is 11.8 Å². The third-order valence-corrected chi connectivity index (χ3v) is 3.70. The van der Waals surface area contributed by atoms with Crippen LogP contribution in [0.25, 0.3) is 0 Å². The van der Waals surface area contributed by atoms with Crippen LogP contribution >= 0.6 is 0 Å². The highest BCUT2D eigenvalue weighted by Crippen LogP contribution is 2.47. The predicted octanol–water partition coefficient (Wildman–Crippen LogP) is 3.83. The van der Waals surface area contributed by atoms with Crippen LogP contribution < -0.4 is 5.32 Å². The summed E-state index contributed by atoms with van der Waals surface area (Å²) in [6.07, 6.45) is 2.31. The van der Waals surface area contributed by atoms with Crippen LogP contribution in [0.5, 0.6) is 0 Å². The van der Waals surface area contributed by atoms with Crippen molar-refractivity contribution in [1.82, 2.24) is 5.32 Å². The number of hydrogen-bond acceptors (Lipinski definition) is 1. The van der Waals surface area contributed by atoms with Crippen molar-refractivity contribution < 1.29 is 4.39 Å². The average molecular weight is 235 g/mol. The largest absolute Gasteiger partial charge is 0.310 e. The van der Waals surface area contributed by atoms with Crippen molar-refractivity contribution in [3.63, 3.8) is 0 Å². The molecule has 0 aliphatic heterocycles. The summed E-state index contributed by atoms with van der Waals surface area (Å²) in [5, 5.41) is 3.51. The van der Waals surface area contributed by atoms with Crippen LogP contribution in [0.3, 0.4) is 0 Å². The van der Waals surface area contributed by atoms with Gasteiger partial charge in [-0.15, -0.1) is 0 Å². The lowest BCUT2D eigenvalue weighted by Crippen LogP contribution is -2.25. The number of rotatable bonds is 5. The van der Waals surface area contributed by atoms with Crippen LogP contribution in [0.2, 0.25) is 0 Å². The average Bonchev–Trinajstić information content (AvgIpc) is 3.01. The molecule has 1 aliphatic carbocycles. The van der Waals surface area contributed by atoms with Crippen LogP contribution in [0.4, 0.5) is 4.39 Å². The molecule has 0 amide bonds. The van der Waals surface area contributed by atoms with Gasteiger partial charge < -0.3 is 5.32 Å². The molecule has 1 aromatic rings. The van der Waals surface area contributed by atoms with E-state index in [-0.39, 0.29) is 11.9 Å². The van der Waals surface area contributed by atoms with E-state index >= 15 is 0 Å². The molecule has 3 unspecified atom stereocenters. The Morgan fingerprint density at radius 3 is 2.76 bits per heavy atom. The zero-order chi connectivity index (χ0) is 12.4. The molecule has 1 fully saturated rings. The molecule has 1 aromatic carbocycles. The fourth-order valence-corrected chi connectivity index (χ4v) is 2.51. The molecule has 0 bridgehead atoms. The second-order valence-electron chi connectivity index (χ2n) is 5.33. The van der Waals surface area contributed by atoms with Gasteiger partial charge >= 0.3 is 0 Å². The van der Waals surface area contributed by atoms with Crippen molar-refractivity contribution >= 4 is 0 Å². The number of nitrogens with one attached hydrogen (secondary N) is 1. The van der Waals surface area contributed by atoms with E-state index in [9.17, 15) is 4.39 Å². The first-order valence-electron chi connectivity index (χ1n) is 6.63. The fourth-order valence-electron chi connectivity index (χ4n) is 2.51. The van der Waals surface area contributed by atoms with Gasteiger partial charge in [-0.1, -0.05) is 31.5 Å². The minimum Gasteiger partial charge on any atom is -0.310 e. The molecule has 2 heteroatoms. The maximum atomic E-state index is 13.9. The Morgan fingerprint density at radius 2 is 2.18 bits per heavy atom. The van der Waals surface area contributed by atoms with Crippen LogP contribution in [-0.2, 0) is 0 Å². The van der Waals surface area contributed by atoms with E-state index in [1.54, 1.807) is 6.07 Å². The Balaban J connectivity index is 2.21. The highest BCUT2D eigenvalue weighted by Gasteiger charge is 2.40. The summed E-state index contributed by atoms with van der Waals surface area (Å²) >= 11 is 0. The Bertz CT molecular complexity index is 389. The van der Waals surface area contributed by atoms with Crippen molar-refractivity contribution in [2.45, 2.75) is 39.7 Å². The van der Waals surface area contributed by atoms with Gasteiger partial charge in [0.2, 0.25) is 0 Å². The third kappa shape index (κ3) is 2.86. The summed E-state index contributed by atoms with van der Waals surface area (Å²) < 4.78 is 13.9. The SMILES string of the molecule is CCCNC(c1cc(C)ccc1F)C1CC1C. The Labute approximate surface area is 103 Å². The van der Waals surface area contributed by atoms with Crippen molar-refractivity contribution in [1.29, 1.82) is 0 Å². The highest BCUT2D eigenvalue weighted by molar-refractivity contribution is 5.28. The second-order valence-corrected chi connectivity index (χ2v) is 5.33. The molecule has 1 saturated carbocycles. The van der Waals surface area contributed by atoms with E-state index in [2.05, 4.69) is 19.2 Å². The second kappa shape index (κ2) is 5.18. The molecule has 94 valence electrons. The van der Waals surface area contributed by atoms with Gasteiger partial charge in [0, 0.05) is 11.6 Å². The zero-order valence-corrected chi connectivity index (χ0v) is 11.0. The van der Waals surface area contributed by atoms with E-state index in [1.165, 1.54) is 6.42 Å². The summed E-state index contributed by atoms with van der Waals surface area (Å²) in [5.74, 6) is 1.27. The van der Waals surface area contributed by atoms with Crippen LogP contribution in [0, 0.1) is 24.6 Å². The van der Waals surface area contributed by atoms with E-state index in [0.29, 0.717) is 5.92 Å². The molecular weight excluding hydrogens is 213 g/mol. The van der Waals surface area contributed by atoms with Gasteiger partial charge in [0.15, 0.2) is 0 Å². The number of halogens is 1. The summed E-state index contributed by atoms with van der Waals surface area (Å²) in [4.78, 5) is 0. The maximum Gasteiger partial charge on any atom is 0.128 e. The maximum absolute atomic E-state index is 13.9. The molecule has 0 spiro atoms. The molecule has 2 rings (SSSR count). The topological polar surface area (TPSA) is 12.0 Å². The molecule has 0 heterocycles. The lowest BCUT2D eigenvalue weighted by Gasteiger charge is -2.20. The lowest BCUT2D eigenvalue weighted by molar-refractivity contribution is 0.442. The van der Waals surface area contributed by atoms with Crippen LogP contribution in [0.15, 0.2) is 18.2 Å². The molecule has 1 aliphatic rings. The first kappa shape index (κ1) is 12.6. The number of hydrogen-bond donors (Lipinski definition) is 1. The minimum atomic E-state index is -0.0664. The monoisotopic (exact) mass is 235 g/mol. The van der Waals surface area contributed by atoms with Gasteiger partial charge in [-0.25, -0.2) is 4.39 Å². The highest BCUT2D eigenvalue weighted by atomic mass is 19.1. The van der Waals surface area contributed by atoms with Gasteiger partial charge in [-0.05, 0) is 44.2 Å². The predicted molar refractivity (Wildman–Crippen MR) is 69.4 cm³/mol. The smallest absolute Gasteiger partial charge is 0.128 e. The number of aryl methyl sites for hydroxylation is 1. The first-order chi connectivity index (χ1) is 8.13. The van der Waals surface area contributed by atoms with Crippen molar-refractivity contribution in [3.8, 4) is 0 Å². The van der Waals surface area contributed by atoms with E-state index in [4.69, 9.17) is 0 Å². The molecule has 0 saturated heterocycles. The zero-order valence-electron chi connectivity index (χ0n) is 11.0. The van der Waals surface area contributed by atoms with E-state index < -0.39 is 0 Å². The Morgan fingerprint density at radius 1 is 1.47 bits per heavy atom. The van der Waals surface area contributed by atoms with Gasteiger partial charge in [-0.3, -0.25) is 0 Å². The molecular formula is C15H22FN. The van der Waals surface area contributed by atoms with Gasteiger partial charge in [0.05, 0.1) is 0 Å². The van der Waals surface area contributed by atoms with Gasteiger partial charge in [-0.2, -0.15) is 0 Å². The standard InChI is InChI=1S/C15H22FN/c1-4-7-17-15(12-9-11(12)3)13-8-10(2)5-6-14(13)16/h5-6,8,11-12,15,17H,4,7,9H2,1-3H3. The quantitative estimate of drug-likeness (QED) is 0.818. The molecule has 1 nitrogen and oxygen atoms in total. The Kier molecular flexibility index (Phi) is 3.82. The summed E-state index contributed by atoms with van der Waals surface area (Å²) in [7, 11) is 0. The molecule has 0 radical (unpaired) electrons. The number of benzene rings is 1. The van der Waals surface area contributed by atoms with Crippen LogP contribution in [-0.4, -0.2) is 6.54 Å². The van der Waals surface area contributed by atoms with Crippen LogP contribution in [0.1, 0.15) is 43.9 Å². The summed E-state index contributed by atoms with van der Waals surface area (Å²) in [6, 6.07) is 5.63. The lowest BCUT2D eigenvalue weighted by atomic mass is 9.98. The Hall–Kier alpha value is -0.890. The van der Waals surface area contributed by atoms with E-state index in [0.717, 1.165) is 30.0 Å². The third-order valence-electron chi connectivity index (χ3n) is 3.70. The van der Waals surface area contributed by atoms with Gasteiger partial charge in [0.1, 0.15) is 5.82 Å². The summed E-state index contributed by atoms with van der Waals surface area (Å²) in [5.41, 5.74) is 1.99. The van der Waals surface area contributed by atoms with Crippen molar-refractivity contribution in [3.05, 3.63) is 35.1 Å². The normalized spacial score (nSPS) is 24.7. The fraction of sp³-hybridized carbons (Fsp3) is 0.600. The molecule has 17 heavy (non-hydrogen) atoms. The summed E-state index contributed by atoms with van der Waals surface area (Å²) in [6.45, 7) is 7.38. The van der Waals surface area contributed by atoms with Gasteiger partial charge in [0.25, 0.3) is 0 Å². The minimum absolute atomic E-state index is 0.0664. The molecule has 1 N–H and O–H groups in total. The van der Waals surface area contributed by atoms with Crippen molar-refractivity contribution in [2.75, 3.05) is 6.54 Å².